The molecule has 15 heavy (non-hydrogen) atoms. The zero-order chi connectivity index (χ0) is 11.4. The number of hydrogen-bond donors (Lipinski definition) is 3. The van der Waals surface area contributed by atoms with Gasteiger partial charge in [0.25, 0.3) is 0 Å². The third kappa shape index (κ3) is 3.99. The van der Waals surface area contributed by atoms with E-state index in [4.69, 9.17) is 4.74 Å². The van der Waals surface area contributed by atoms with E-state index < -0.39 is 30.4 Å². The van der Waals surface area contributed by atoms with Crippen LogP contribution < -0.4 is 0 Å². The van der Waals surface area contributed by atoms with Crippen LogP contribution in [-0.2, 0) is 9.53 Å². The van der Waals surface area contributed by atoms with Crippen molar-refractivity contribution in [1.82, 2.24) is 0 Å². The van der Waals surface area contributed by atoms with Gasteiger partial charge in [-0.05, 0) is 6.92 Å². The summed E-state index contributed by atoms with van der Waals surface area (Å²) in [6.07, 6.45) is -0.805. The molecule has 1 rings (SSSR count). The van der Waals surface area contributed by atoms with Crippen LogP contribution in [0.25, 0.3) is 0 Å². The fraction of sp³-hybridized carbons (Fsp3) is 0.700. The first-order valence-corrected chi connectivity index (χ1v) is 4.91. The molecule has 1 aliphatic rings. The molecule has 0 bridgehead atoms. The van der Waals surface area contributed by atoms with E-state index in [0.29, 0.717) is 0 Å². The van der Waals surface area contributed by atoms with Crippen molar-refractivity contribution in [3.63, 3.8) is 0 Å². The molecule has 86 valence electrons. The molecule has 0 saturated heterocycles. The van der Waals surface area contributed by atoms with Crippen LogP contribution in [0.3, 0.4) is 0 Å². The molecule has 0 aliphatic carbocycles. The first-order chi connectivity index (χ1) is 6.99. The molecule has 4 atom stereocenters. The Hall–Kier alpha value is -0.910. The lowest BCUT2D eigenvalue weighted by Gasteiger charge is -2.20. The van der Waals surface area contributed by atoms with E-state index in [1.54, 1.807) is 6.92 Å². The highest BCUT2D eigenvalue weighted by Gasteiger charge is 2.22. The van der Waals surface area contributed by atoms with E-state index in [0.717, 1.165) is 0 Å². The first-order valence-electron chi connectivity index (χ1n) is 4.91. The van der Waals surface area contributed by atoms with Crippen LogP contribution in [0.15, 0.2) is 12.2 Å². The van der Waals surface area contributed by atoms with Gasteiger partial charge in [0.15, 0.2) is 0 Å². The third-order valence-corrected chi connectivity index (χ3v) is 2.21. The van der Waals surface area contributed by atoms with Gasteiger partial charge in [0, 0.05) is 6.42 Å². The summed E-state index contributed by atoms with van der Waals surface area (Å²) in [5.41, 5.74) is 0. The van der Waals surface area contributed by atoms with Crippen molar-refractivity contribution in [3.8, 4) is 0 Å². The number of rotatable bonds is 0. The maximum Gasteiger partial charge on any atom is 0.308 e. The van der Waals surface area contributed by atoms with Crippen LogP contribution in [0.4, 0.5) is 0 Å². The molecule has 0 saturated carbocycles. The molecule has 0 aromatic carbocycles. The normalized spacial score (nSPS) is 40.7. The molecule has 0 radical (unpaired) electrons. The topological polar surface area (TPSA) is 87.0 Å². The van der Waals surface area contributed by atoms with Crippen molar-refractivity contribution in [2.24, 2.45) is 0 Å². The van der Waals surface area contributed by atoms with Gasteiger partial charge in [0.2, 0.25) is 0 Å². The van der Waals surface area contributed by atoms with E-state index >= 15 is 0 Å². The van der Waals surface area contributed by atoms with Crippen molar-refractivity contribution >= 4 is 5.97 Å². The van der Waals surface area contributed by atoms with Crippen LogP contribution in [-0.4, -0.2) is 45.7 Å². The molecule has 0 spiro atoms. The van der Waals surface area contributed by atoms with E-state index in [2.05, 4.69) is 0 Å². The predicted octanol–water partition coefficient (Wildman–Crippen LogP) is -0.649. The number of cyclic esters (lactones) is 1. The molecule has 3 N–H and O–H groups in total. The van der Waals surface area contributed by atoms with Crippen molar-refractivity contribution < 1.29 is 24.9 Å². The summed E-state index contributed by atoms with van der Waals surface area (Å²) >= 11 is 0. The zero-order valence-electron chi connectivity index (χ0n) is 8.54. The second kappa shape index (κ2) is 5.25. The minimum atomic E-state index is -1.19. The summed E-state index contributed by atoms with van der Waals surface area (Å²) in [6.45, 7) is 1.67. The largest absolute Gasteiger partial charge is 0.462 e. The second-order valence-electron chi connectivity index (χ2n) is 3.75. The fourth-order valence-electron chi connectivity index (χ4n) is 1.40. The monoisotopic (exact) mass is 221 g/mol. The van der Waals surface area contributed by atoms with Gasteiger partial charge < -0.3 is 20.1 Å². The molecule has 5 nitrogen and oxygen atoms in total. The third-order valence-electron chi connectivity index (χ3n) is 2.21. The molecule has 1 heterocycles. The van der Waals surface area contributed by atoms with Gasteiger partial charge in [-0.2, -0.15) is 0 Å². The summed E-state index contributed by atoms with van der Waals surface area (Å²) in [4.78, 5) is 11.2. The number of esters is 1. The smallest absolute Gasteiger partial charge is 0.308 e. The van der Waals surface area contributed by atoms with Gasteiger partial charge in [-0.15, -0.1) is 0 Å². The minimum Gasteiger partial charge on any atom is -0.462 e. The molecule has 0 aromatic rings. The van der Waals surface area contributed by atoms with Gasteiger partial charge in [-0.3, -0.25) is 4.79 Å². The van der Waals surface area contributed by atoms with Gasteiger partial charge in [0.05, 0.1) is 24.7 Å². The maximum absolute atomic E-state index is 11.2. The number of aliphatic hydroxyl groups is 3. The van der Waals surface area contributed by atoms with E-state index in [-0.39, 0.29) is 12.8 Å². The standard InChI is InChI=1S/C10H16O5/c1-6-4-7(11)2-3-8(12)9(13)5-10(14)15-6/h2-3,6-9,11-13H,4-5H2,1H3/b3-2+/t6-,7-,8+,9+/m1/s1/i3+1,6+1,7+1,9+1,10+1. The van der Waals surface area contributed by atoms with E-state index in [1.807, 2.05) is 0 Å². The average Bonchev–Trinajstić information content (AvgIpc) is 2.12. The van der Waals surface area contributed by atoms with Gasteiger partial charge in [-0.1, -0.05) is 12.2 Å². The molecule has 1 aliphatic heterocycles. The minimum absolute atomic E-state index is 0.244. The van der Waals surface area contributed by atoms with Crippen LogP contribution in [0.1, 0.15) is 19.8 Å². The lowest BCUT2D eigenvalue weighted by atomic mass is 10.5. The highest BCUT2D eigenvalue weighted by molar-refractivity contribution is 5.70. The van der Waals surface area contributed by atoms with Gasteiger partial charge in [0.1, 0.15) is 6.10 Å². The Labute approximate surface area is 88.0 Å². The Morgan fingerprint density at radius 2 is 2.00 bits per heavy atom. The average molecular weight is 221 g/mol. The summed E-state index contributed by atoms with van der Waals surface area (Å²) in [7, 11) is 0. The summed E-state index contributed by atoms with van der Waals surface area (Å²) in [6, 6.07) is 0. The van der Waals surface area contributed by atoms with Gasteiger partial charge >= 0.3 is 5.97 Å². The molecule has 0 unspecified atom stereocenters. The number of carbonyl (C=O) groups excluding carboxylic acids is 1. The highest BCUT2D eigenvalue weighted by Crippen LogP contribution is 2.11. The highest BCUT2D eigenvalue weighted by atomic mass is 16.7. The molecule has 0 amide bonds. The Morgan fingerprint density at radius 3 is 2.67 bits per heavy atom. The summed E-state index contributed by atoms with van der Waals surface area (Å²) in [5, 5.41) is 28.1. The number of hydrogen-bond acceptors (Lipinski definition) is 5. The lowest BCUT2D eigenvalue weighted by Crippen LogP contribution is -2.31. The Balaban J connectivity index is 2.72. The SMILES string of the molecule is C[13C@@H]1C[13C@H](O)/C=[13CH]/[C@H](O)[13C@@H](O)C[13C](=O)O1. The summed E-state index contributed by atoms with van der Waals surface area (Å²) < 4.78 is 4.91. The van der Waals surface area contributed by atoms with E-state index in [9.17, 15) is 20.1 Å². The Morgan fingerprint density at radius 1 is 1.33 bits per heavy atom. The Kier molecular flexibility index (Phi) is 4.26. The van der Waals surface area contributed by atoms with Crippen molar-refractivity contribution in [2.75, 3.05) is 0 Å². The van der Waals surface area contributed by atoms with Crippen LogP contribution >= 0.6 is 0 Å². The fourth-order valence-corrected chi connectivity index (χ4v) is 1.40. The number of carbonyl (C=O) groups is 1. The van der Waals surface area contributed by atoms with Crippen molar-refractivity contribution in [1.29, 1.82) is 0 Å². The van der Waals surface area contributed by atoms with Crippen LogP contribution in [0, 0.1) is 0 Å². The second-order valence-corrected chi connectivity index (χ2v) is 3.75. The Bertz CT molecular complexity index is 250. The quantitative estimate of drug-likeness (QED) is 0.287. The number of ether oxygens (including phenoxy) is 1. The lowest BCUT2D eigenvalue weighted by molar-refractivity contribution is -0.152. The first kappa shape index (κ1) is 12.2. The van der Waals surface area contributed by atoms with Crippen LogP contribution in [0.2, 0.25) is 0 Å². The van der Waals surface area contributed by atoms with Crippen molar-refractivity contribution in [3.05, 3.63) is 12.2 Å². The molecular formula is C10H16O5. The number of aliphatic hydroxyl groups excluding tert-OH is 3. The maximum atomic E-state index is 11.2. The molecule has 0 aromatic heterocycles. The molecular weight excluding hydrogens is 205 g/mol. The van der Waals surface area contributed by atoms with E-state index in [1.165, 1.54) is 12.2 Å². The predicted molar refractivity (Wildman–Crippen MR) is 51.9 cm³/mol. The van der Waals surface area contributed by atoms with Gasteiger partial charge in [-0.25, -0.2) is 0 Å². The van der Waals surface area contributed by atoms with Crippen molar-refractivity contribution in [2.45, 2.75) is 44.2 Å². The van der Waals surface area contributed by atoms with Crippen LogP contribution in [0.5, 0.6) is 0 Å². The zero-order valence-corrected chi connectivity index (χ0v) is 8.54. The molecule has 0 fully saturated rings. The summed E-state index contributed by atoms with van der Waals surface area (Å²) in [5.74, 6) is -0.573. The molecule has 5 heteroatoms.